The van der Waals surface area contributed by atoms with Crippen molar-refractivity contribution >= 4 is 69.9 Å². The predicted molar refractivity (Wildman–Crippen MR) is 126 cm³/mol. The lowest BCUT2D eigenvalue weighted by molar-refractivity contribution is -0.384. The van der Waals surface area contributed by atoms with Gasteiger partial charge >= 0.3 is 5.97 Å². The zero-order valence-electron chi connectivity index (χ0n) is 17.6. The van der Waals surface area contributed by atoms with Crippen LogP contribution in [0.3, 0.4) is 0 Å². The number of nitrogens with zero attached hydrogens (tertiary/aromatic N) is 3. The van der Waals surface area contributed by atoms with Gasteiger partial charge in [0, 0.05) is 23.3 Å². The van der Waals surface area contributed by atoms with Gasteiger partial charge in [0.2, 0.25) is 5.91 Å². The summed E-state index contributed by atoms with van der Waals surface area (Å²) in [7, 11) is 0. The standard InChI is InChI=1S/C19H17N5O8S2.ClH/c20-18-21-11(6-33-18)13(25)14(26)22-12-15(27)23-7-19(29,8-34-16(12)23)17(28)32-5-9-1-3-10(4-2-9)24(30)31;/h1-4,6,12,16,29H,5,7-8H2,(H2,20,21)(H,22,26);1H/t12?,16-,19?;/m1./s1. The number of nitrogen functional groups attached to an aromatic ring is 1. The summed E-state index contributed by atoms with van der Waals surface area (Å²) >= 11 is 2.06. The molecule has 2 saturated heterocycles. The molecule has 13 nitrogen and oxygen atoms in total. The van der Waals surface area contributed by atoms with Crippen LogP contribution in [0.15, 0.2) is 29.6 Å². The minimum Gasteiger partial charge on any atom is -0.459 e. The molecule has 4 N–H and O–H groups in total. The number of halogens is 1. The molecule has 2 aliphatic heterocycles. The number of fused-ring (bicyclic) bond motifs is 1. The number of ether oxygens (including phenoxy) is 1. The Hall–Kier alpha value is -3.27. The molecule has 3 heterocycles. The smallest absolute Gasteiger partial charge is 0.341 e. The van der Waals surface area contributed by atoms with Crippen molar-refractivity contribution in [3.63, 3.8) is 0 Å². The monoisotopic (exact) mass is 543 g/mol. The number of nitro benzene ring substituents is 1. The molecule has 0 radical (unpaired) electrons. The SMILES string of the molecule is Cl.Nc1nc(C(=O)C(=O)NC2C(=O)N3CC(O)(C(=O)OCc4ccc([N+](=O)[O-])cc4)CS[C@H]23)cs1. The van der Waals surface area contributed by atoms with Crippen molar-refractivity contribution in [2.75, 3.05) is 18.0 Å². The number of nitro groups is 1. The molecule has 2 amide bonds. The lowest BCUT2D eigenvalue weighted by atomic mass is 9.99. The van der Waals surface area contributed by atoms with Gasteiger partial charge in [0.05, 0.1) is 11.5 Å². The Balaban J connectivity index is 0.00000342. The Morgan fingerprint density at radius 2 is 2.03 bits per heavy atom. The predicted octanol–water partition coefficient (Wildman–Crippen LogP) is 0.112. The number of Topliss-reactive ketones (excluding diaryl/α,β-unsaturated/α-hetero) is 1. The summed E-state index contributed by atoms with van der Waals surface area (Å²) in [5.41, 5.74) is 3.74. The van der Waals surface area contributed by atoms with Crippen LogP contribution in [0.4, 0.5) is 10.8 Å². The van der Waals surface area contributed by atoms with E-state index >= 15 is 0 Å². The third kappa shape index (κ3) is 5.22. The highest BCUT2D eigenvalue weighted by Gasteiger charge is 2.57. The molecule has 3 atom stereocenters. The molecule has 186 valence electrons. The number of amides is 2. The van der Waals surface area contributed by atoms with Gasteiger partial charge < -0.3 is 25.8 Å². The summed E-state index contributed by atoms with van der Waals surface area (Å²) in [5.74, 6) is -3.55. The van der Waals surface area contributed by atoms with Gasteiger partial charge in [0.15, 0.2) is 10.7 Å². The summed E-state index contributed by atoms with van der Waals surface area (Å²) in [6, 6.07) is 4.39. The maximum Gasteiger partial charge on any atom is 0.341 e. The highest BCUT2D eigenvalue weighted by molar-refractivity contribution is 8.00. The van der Waals surface area contributed by atoms with Crippen molar-refractivity contribution in [3.8, 4) is 0 Å². The number of aliphatic hydroxyl groups is 1. The molecule has 35 heavy (non-hydrogen) atoms. The van der Waals surface area contributed by atoms with Crippen molar-refractivity contribution < 1.29 is 33.9 Å². The van der Waals surface area contributed by atoms with Crippen LogP contribution in [0, 0.1) is 10.1 Å². The Kier molecular flexibility index (Phi) is 7.64. The largest absolute Gasteiger partial charge is 0.459 e. The average Bonchev–Trinajstić information content (AvgIpc) is 3.26. The minimum absolute atomic E-state index is 0. The second-order valence-corrected chi connectivity index (χ2v) is 9.54. The van der Waals surface area contributed by atoms with Gasteiger partial charge in [0.1, 0.15) is 23.7 Å². The average molecular weight is 544 g/mol. The number of aromatic nitrogens is 1. The summed E-state index contributed by atoms with van der Waals surface area (Å²) in [6.45, 7) is -0.561. The first-order chi connectivity index (χ1) is 16.1. The van der Waals surface area contributed by atoms with Crippen LogP contribution in [0.25, 0.3) is 0 Å². The molecule has 0 aliphatic carbocycles. The second-order valence-electron chi connectivity index (χ2n) is 7.55. The van der Waals surface area contributed by atoms with Crippen LogP contribution in [0.1, 0.15) is 16.1 Å². The number of nitrogens with one attached hydrogen (secondary N) is 1. The molecular formula is C19H18ClN5O8S2. The fourth-order valence-corrected chi connectivity index (χ4v) is 5.33. The quantitative estimate of drug-likeness (QED) is 0.107. The molecule has 1 aromatic heterocycles. The van der Waals surface area contributed by atoms with Crippen LogP contribution >= 0.6 is 35.5 Å². The number of anilines is 1. The Morgan fingerprint density at radius 3 is 2.63 bits per heavy atom. The highest BCUT2D eigenvalue weighted by Crippen LogP contribution is 2.38. The molecule has 0 bridgehead atoms. The van der Waals surface area contributed by atoms with E-state index in [1.54, 1.807) is 0 Å². The number of β-lactam (4-membered cyclic amide) rings is 1. The maximum atomic E-state index is 12.5. The minimum atomic E-state index is -1.97. The number of nitrogens with two attached hydrogens (primary N) is 1. The van der Waals surface area contributed by atoms with Crippen molar-refractivity contribution in [1.29, 1.82) is 0 Å². The van der Waals surface area contributed by atoms with E-state index in [9.17, 15) is 34.4 Å². The number of rotatable bonds is 7. The van der Waals surface area contributed by atoms with E-state index in [0.29, 0.717) is 5.56 Å². The molecule has 0 saturated carbocycles. The third-order valence-electron chi connectivity index (χ3n) is 5.21. The molecule has 2 aliphatic rings. The Bertz CT molecular complexity index is 1190. The number of ketones is 1. The van der Waals surface area contributed by atoms with E-state index in [1.165, 1.54) is 34.5 Å². The first-order valence-electron chi connectivity index (χ1n) is 9.70. The third-order valence-corrected chi connectivity index (χ3v) is 7.40. The van der Waals surface area contributed by atoms with E-state index in [-0.39, 0.29) is 47.8 Å². The highest BCUT2D eigenvalue weighted by atomic mass is 35.5. The van der Waals surface area contributed by atoms with E-state index < -0.39 is 45.5 Å². The molecule has 2 aromatic rings. The van der Waals surface area contributed by atoms with Gasteiger partial charge in [-0.15, -0.1) is 35.5 Å². The first kappa shape index (κ1) is 26.3. The molecule has 0 spiro atoms. The number of benzene rings is 1. The number of non-ortho nitro benzene ring substituents is 1. The van der Waals surface area contributed by atoms with E-state index in [1.807, 2.05) is 0 Å². The van der Waals surface area contributed by atoms with Crippen LogP contribution in [-0.2, 0) is 25.7 Å². The number of hydrogen-bond acceptors (Lipinski definition) is 12. The number of thioether (sulfide) groups is 1. The van der Waals surface area contributed by atoms with E-state index in [2.05, 4.69) is 10.3 Å². The molecular weight excluding hydrogens is 526 g/mol. The van der Waals surface area contributed by atoms with Crippen molar-refractivity contribution in [3.05, 3.63) is 51.0 Å². The van der Waals surface area contributed by atoms with Crippen LogP contribution in [0.2, 0.25) is 0 Å². The van der Waals surface area contributed by atoms with Crippen LogP contribution < -0.4 is 11.1 Å². The molecule has 16 heteroatoms. The summed E-state index contributed by atoms with van der Waals surface area (Å²) in [4.78, 5) is 64.5. The molecule has 2 fully saturated rings. The van der Waals surface area contributed by atoms with Gasteiger partial charge in [0.25, 0.3) is 17.4 Å². The maximum absolute atomic E-state index is 12.5. The van der Waals surface area contributed by atoms with Crippen molar-refractivity contribution in [1.82, 2.24) is 15.2 Å². The van der Waals surface area contributed by atoms with Gasteiger partial charge in [-0.2, -0.15) is 0 Å². The molecule has 2 unspecified atom stereocenters. The van der Waals surface area contributed by atoms with Gasteiger partial charge in [-0.3, -0.25) is 24.5 Å². The lowest BCUT2D eigenvalue weighted by Gasteiger charge is -2.52. The fourth-order valence-electron chi connectivity index (χ4n) is 3.40. The first-order valence-corrected chi connectivity index (χ1v) is 11.6. The van der Waals surface area contributed by atoms with Crippen LogP contribution in [0.5, 0.6) is 0 Å². The van der Waals surface area contributed by atoms with Crippen molar-refractivity contribution in [2.45, 2.75) is 23.6 Å². The van der Waals surface area contributed by atoms with E-state index in [0.717, 1.165) is 23.1 Å². The number of esters is 1. The number of carbonyl (C=O) groups is 4. The number of carbonyl (C=O) groups excluding carboxylic acids is 4. The number of hydrogen-bond donors (Lipinski definition) is 3. The lowest BCUT2D eigenvalue weighted by Crippen LogP contribution is -2.75. The number of thiazole rings is 1. The van der Waals surface area contributed by atoms with Gasteiger partial charge in [-0.05, 0) is 17.7 Å². The molecule has 4 rings (SSSR count). The van der Waals surface area contributed by atoms with Crippen molar-refractivity contribution in [2.24, 2.45) is 0 Å². The van der Waals surface area contributed by atoms with Crippen LogP contribution in [-0.4, -0.2) is 72.8 Å². The summed E-state index contributed by atoms with van der Waals surface area (Å²) in [6.07, 6.45) is 0. The van der Waals surface area contributed by atoms with Gasteiger partial charge in [-0.1, -0.05) is 0 Å². The normalized spacial score (nSPS) is 22.8. The summed E-state index contributed by atoms with van der Waals surface area (Å²) < 4.78 is 5.15. The second kappa shape index (κ2) is 10.2. The topological polar surface area (TPSA) is 195 Å². The zero-order valence-corrected chi connectivity index (χ0v) is 20.1. The van der Waals surface area contributed by atoms with E-state index in [4.69, 9.17) is 10.5 Å². The molecule has 1 aromatic carbocycles. The Morgan fingerprint density at radius 1 is 1.34 bits per heavy atom. The summed E-state index contributed by atoms with van der Waals surface area (Å²) in [5, 5.41) is 24.7. The Labute approximate surface area is 211 Å². The fraction of sp³-hybridized carbons (Fsp3) is 0.316. The van der Waals surface area contributed by atoms with Gasteiger partial charge in [-0.25, -0.2) is 9.78 Å². The zero-order chi connectivity index (χ0) is 24.6.